The second kappa shape index (κ2) is 10.1. The SMILES string of the molecule is CC(N)C(=O)O.OCC(O)C(O)C(O)C(O)CO. The molecule has 9 nitrogen and oxygen atoms in total. The molecule has 0 aliphatic heterocycles. The van der Waals surface area contributed by atoms with Gasteiger partial charge in [0.05, 0.1) is 13.2 Å². The summed E-state index contributed by atoms with van der Waals surface area (Å²) < 4.78 is 0. The van der Waals surface area contributed by atoms with Crippen molar-refractivity contribution in [1.29, 1.82) is 0 Å². The normalized spacial score (nSPS) is 18.9. The summed E-state index contributed by atoms with van der Waals surface area (Å²) in [6.07, 6.45) is -6.39. The van der Waals surface area contributed by atoms with Gasteiger partial charge >= 0.3 is 5.97 Å². The number of carboxylic acid groups (broad SMARTS) is 1. The van der Waals surface area contributed by atoms with Crippen LogP contribution in [0.1, 0.15) is 6.92 Å². The van der Waals surface area contributed by atoms with Crippen molar-refractivity contribution in [1.82, 2.24) is 0 Å². The number of aliphatic hydroxyl groups excluding tert-OH is 6. The molecule has 5 unspecified atom stereocenters. The Hall–Kier alpha value is -0.810. The highest BCUT2D eigenvalue weighted by atomic mass is 16.4. The van der Waals surface area contributed by atoms with Gasteiger partial charge in [-0.2, -0.15) is 0 Å². The van der Waals surface area contributed by atoms with E-state index in [1.54, 1.807) is 0 Å². The van der Waals surface area contributed by atoms with Crippen molar-refractivity contribution in [3.63, 3.8) is 0 Å². The van der Waals surface area contributed by atoms with Crippen LogP contribution in [0.4, 0.5) is 0 Å². The lowest BCUT2D eigenvalue weighted by molar-refractivity contribution is -0.138. The minimum atomic E-state index is -1.67. The lowest BCUT2D eigenvalue weighted by Crippen LogP contribution is -2.46. The Bertz CT molecular complexity index is 211. The minimum absolute atomic E-state index is 0.726. The van der Waals surface area contributed by atoms with Crippen molar-refractivity contribution < 1.29 is 40.5 Å². The van der Waals surface area contributed by atoms with Crippen LogP contribution in [-0.2, 0) is 4.79 Å². The molecule has 0 aliphatic rings. The topological polar surface area (TPSA) is 185 Å². The number of aliphatic hydroxyl groups is 6. The molecule has 0 rings (SSSR count). The monoisotopic (exact) mass is 271 g/mol. The van der Waals surface area contributed by atoms with Gasteiger partial charge in [0.25, 0.3) is 0 Å². The predicted octanol–water partition coefficient (Wildman–Crippen LogP) is -4.17. The predicted molar refractivity (Wildman–Crippen MR) is 59.5 cm³/mol. The Balaban J connectivity index is 0. The first kappa shape index (κ1) is 19.5. The number of nitrogens with two attached hydrogens (primary N) is 1. The molecule has 0 saturated carbocycles. The van der Waals surface area contributed by atoms with E-state index in [1.807, 2.05) is 0 Å². The average Bonchev–Trinajstić information content (AvgIpc) is 2.35. The Kier molecular flexibility index (Phi) is 11.0. The van der Waals surface area contributed by atoms with Gasteiger partial charge in [0.1, 0.15) is 30.5 Å². The standard InChI is InChI=1S/C6H14O6.C3H7NO2/c7-1-3(9)5(11)6(12)4(10)2-8;1-2(4)3(5)6/h3-12H,1-2H2;2H,4H2,1H3,(H,5,6). The number of rotatable bonds is 6. The average molecular weight is 271 g/mol. The maximum Gasteiger partial charge on any atom is 0.320 e. The maximum absolute atomic E-state index is 9.57. The highest BCUT2D eigenvalue weighted by molar-refractivity contribution is 5.72. The lowest BCUT2D eigenvalue weighted by Gasteiger charge is -2.24. The molecule has 0 bridgehead atoms. The second-order valence-corrected chi connectivity index (χ2v) is 3.61. The Morgan fingerprint density at radius 2 is 1.22 bits per heavy atom. The summed E-state index contributed by atoms with van der Waals surface area (Å²) in [5.41, 5.74) is 4.84. The first-order valence-electron chi connectivity index (χ1n) is 5.11. The van der Waals surface area contributed by atoms with Gasteiger partial charge in [-0.1, -0.05) is 0 Å². The zero-order valence-electron chi connectivity index (χ0n) is 9.92. The van der Waals surface area contributed by atoms with E-state index in [-0.39, 0.29) is 0 Å². The van der Waals surface area contributed by atoms with E-state index >= 15 is 0 Å². The fourth-order valence-corrected chi connectivity index (χ4v) is 0.671. The van der Waals surface area contributed by atoms with E-state index < -0.39 is 49.6 Å². The van der Waals surface area contributed by atoms with Crippen LogP contribution in [0, 0.1) is 0 Å². The molecule has 9 N–H and O–H groups in total. The van der Waals surface area contributed by atoms with E-state index in [4.69, 9.17) is 41.5 Å². The first-order valence-corrected chi connectivity index (χ1v) is 5.11. The summed E-state index contributed by atoms with van der Waals surface area (Å²) in [5.74, 6) is -0.963. The van der Waals surface area contributed by atoms with Gasteiger partial charge < -0.3 is 41.5 Å². The molecule has 5 atom stereocenters. The molecule has 0 aromatic heterocycles. The molecule has 18 heavy (non-hydrogen) atoms. The largest absolute Gasteiger partial charge is 0.480 e. The van der Waals surface area contributed by atoms with Crippen molar-refractivity contribution >= 4 is 5.97 Å². The van der Waals surface area contributed by atoms with Crippen LogP contribution in [0.2, 0.25) is 0 Å². The van der Waals surface area contributed by atoms with Crippen molar-refractivity contribution in [3.05, 3.63) is 0 Å². The van der Waals surface area contributed by atoms with Crippen LogP contribution in [0.5, 0.6) is 0 Å². The van der Waals surface area contributed by atoms with Gasteiger partial charge in [-0.05, 0) is 6.92 Å². The molecule has 0 aromatic rings. The number of carboxylic acids is 1. The third-order valence-electron chi connectivity index (χ3n) is 1.90. The third kappa shape index (κ3) is 8.31. The van der Waals surface area contributed by atoms with Crippen molar-refractivity contribution in [2.24, 2.45) is 5.73 Å². The third-order valence-corrected chi connectivity index (χ3v) is 1.90. The number of carbonyl (C=O) groups is 1. The van der Waals surface area contributed by atoms with E-state index in [1.165, 1.54) is 6.92 Å². The lowest BCUT2D eigenvalue weighted by atomic mass is 10.0. The summed E-state index contributed by atoms with van der Waals surface area (Å²) in [5, 5.41) is 60.0. The molecule has 0 aliphatic carbocycles. The molecule has 0 amide bonds. The number of hydrogen-bond donors (Lipinski definition) is 8. The van der Waals surface area contributed by atoms with Gasteiger partial charge in [0, 0.05) is 0 Å². The van der Waals surface area contributed by atoms with Gasteiger partial charge in [-0.3, -0.25) is 4.79 Å². The Labute approximate surface area is 104 Å². The van der Waals surface area contributed by atoms with Gasteiger partial charge in [-0.25, -0.2) is 0 Å². The Morgan fingerprint density at radius 1 is 1.00 bits per heavy atom. The molecule has 0 heterocycles. The van der Waals surface area contributed by atoms with Crippen molar-refractivity contribution in [2.45, 2.75) is 37.4 Å². The highest BCUT2D eigenvalue weighted by Gasteiger charge is 2.29. The molecule has 0 fully saturated rings. The number of hydrogen-bond acceptors (Lipinski definition) is 8. The van der Waals surface area contributed by atoms with Crippen molar-refractivity contribution in [2.75, 3.05) is 13.2 Å². The molecular formula is C9H21NO8. The fraction of sp³-hybridized carbons (Fsp3) is 0.889. The molecular weight excluding hydrogens is 250 g/mol. The zero-order valence-corrected chi connectivity index (χ0v) is 9.92. The zero-order chi connectivity index (χ0) is 14.9. The molecule has 110 valence electrons. The van der Waals surface area contributed by atoms with E-state index in [9.17, 15) is 4.79 Å². The van der Waals surface area contributed by atoms with Crippen LogP contribution in [0.3, 0.4) is 0 Å². The molecule has 0 saturated heterocycles. The maximum atomic E-state index is 9.57. The van der Waals surface area contributed by atoms with Crippen LogP contribution >= 0.6 is 0 Å². The summed E-state index contributed by atoms with van der Waals surface area (Å²) >= 11 is 0. The molecule has 9 heteroatoms. The molecule has 0 radical (unpaired) electrons. The highest BCUT2D eigenvalue weighted by Crippen LogP contribution is 2.03. The van der Waals surface area contributed by atoms with Gasteiger partial charge in [-0.15, -0.1) is 0 Å². The van der Waals surface area contributed by atoms with Crippen LogP contribution < -0.4 is 5.73 Å². The summed E-state index contributed by atoms with van der Waals surface area (Å²) in [6, 6.07) is -0.731. The van der Waals surface area contributed by atoms with Gasteiger partial charge in [0.2, 0.25) is 0 Å². The fourth-order valence-electron chi connectivity index (χ4n) is 0.671. The van der Waals surface area contributed by atoms with E-state index in [0.29, 0.717) is 0 Å². The number of aliphatic carboxylic acids is 1. The van der Waals surface area contributed by atoms with Crippen LogP contribution in [0.25, 0.3) is 0 Å². The van der Waals surface area contributed by atoms with Crippen molar-refractivity contribution in [3.8, 4) is 0 Å². The smallest absolute Gasteiger partial charge is 0.320 e. The summed E-state index contributed by atoms with van der Waals surface area (Å²) in [7, 11) is 0. The van der Waals surface area contributed by atoms with Crippen LogP contribution in [-0.4, -0.2) is 85.4 Å². The second-order valence-electron chi connectivity index (χ2n) is 3.61. The van der Waals surface area contributed by atoms with Crippen LogP contribution in [0.15, 0.2) is 0 Å². The minimum Gasteiger partial charge on any atom is -0.480 e. The summed E-state index contributed by atoms with van der Waals surface area (Å²) in [6.45, 7) is -0.0327. The van der Waals surface area contributed by atoms with E-state index in [2.05, 4.69) is 0 Å². The Morgan fingerprint density at radius 3 is 1.33 bits per heavy atom. The van der Waals surface area contributed by atoms with Gasteiger partial charge in [0.15, 0.2) is 0 Å². The quantitative estimate of drug-likeness (QED) is 0.237. The molecule has 0 aromatic carbocycles. The first-order chi connectivity index (χ1) is 8.18. The summed E-state index contributed by atoms with van der Waals surface area (Å²) in [4.78, 5) is 9.57. The van der Waals surface area contributed by atoms with E-state index in [0.717, 1.165) is 0 Å². The molecule has 0 spiro atoms.